The van der Waals surface area contributed by atoms with E-state index in [-0.39, 0.29) is 11.8 Å². The highest BCUT2D eigenvalue weighted by Gasteiger charge is 2.21. The maximum absolute atomic E-state index is 14.2. The van der Waals surface area contributed by atoms with Gasteiger partial charge in [-0.1, -0.05) is 11.6 Å². The van der Waals surface area contributed by atoms with Gasteiger partial charge in [0.2, 0.25) is 5.88 Å². The van der Waals surface area contributed by atoms with Crippen molar-refractivity contribution in [2.75, 3.05) is 13.1 Å². The maximum Gasteiger partial charge on any atom is 0.241 e. The zero-order chi connectivity index (χ0) is 17.4. The first-order chi connectivity index (χ1) is 12.1. The lowest BCUT2D eigenvalue weighted by molar-refractivity contribution is 0.157. The van der Waals surface area contributed by atoms with Crippen LogP contribution in [0.5, 0.6) is 5.88 Å². The topological polar surface area (TPSA) is 39.1 Å². The van der Waals surface area contributed by atoms with E-state index >= 15 is 0 Å². The van der Waals surface area contributed by atoms with Crippen LogP contribution in [0, 0.1) is 11.6 Å². The van der Waals surface area contributed by atoms with Crippen molar-refractivity contribution in [3.05, 3.63) is 53.1 Å². The van der Waals surface area contributed by atoms with Gasteiger partial charge in [0.25, 0.3) is 0 Å². The van der Waals surface area contributed by atoms with Crippen LogP contribution in [0.3, 0.4) is 0 Å². The largest absolute Gasteiger partial charge is 0.473 e. The third kappa shape index (κ3) is 3.19. The van der Waals surface area contributed by atoms with Gasteiger partial charge in [-0.2, -0.15) is 0 Å². The highest BCUT2D eigenvalue weighted by Crippen LogP contribution is 2.32. The second kappa shape index (κ2) is 6.61. The van der Waals surface area contributed by atoms with Crippen LogP contribution in [0.2, 0.25) is 5.02 Å². The number of halogens is 3. The lowest BCUT2D eigenvalue weighted by Crippen LogP contribution is -2.34. The molecule has 2 aromatic carbocycles. The molecule has 3 aromatic rings. The van der Waals surface area contributed by atoms with Crippen LogP contribution in [0.4, 0.5) is 8.78 Å². The summed E-state index contributed by atoms with van der Waals surface area (Å²) < 4.78 is 35.2. The number of rotatable bonds is 3. The predicted molar refractivity (Wildman–Crippen MR) is 92.5 cm³/mol. The van der Waals surface area contributed by atoms with Crippen LogP contribution in [0.25, 0.3) is 16.6 Å². The number of benzene rings is 2. The van der Waals surface area contributed by atoms with Gasteiger partial charge in [-0.3, -0.25) is 0 Å². The van der Waals surface area contributed by atoms with Gasteiger partial charge in [0.15, 0.2) is 0 Å². The monoisotopic (exact) mass is 363 g/mol. The predicted octanol–water partition coefficient (Wildman–Crippen LogP) is 4.09. The minimum Gasteiger partial charge on any atom is -0.473 e. The Bertz CT molecular complexity index is 922. The molecule has 0 bridgehead atoms. The first-order valence-electron chi connectivity index (χ1n) is 8.13. The van der Waals surface area contributed by atoms with Crippen LogP contribution in [-0.2, 0) is 0 Å². The number of hydrogen-bond acceptors (Lipinski definition) is 3. The van der Waals surface area contributed by atoms with E-state index in [4.69, 9.17) is 16.3 Å². The van der Waals surface area contributed by atoms with E-state index in [1.54, 1.807) is 18.2 Å². The van der Waals surface area contributed by atoms with Crippen molar-refractivity contribution < 1.29 is 13.5 Å². The Morgan fingerprint density at radius 1 is 1.12 bits per heavy atom. The minimum absolute atomic E-state index is 0.0316. The molecule has 1 aliphatic heterocycles. The zero-order valence-electron chi connectivity index (χ0n) is 13.3. The molecule has 0 aliphatic carbocycles. The summed E-state index contributed by atoms with van der Waals surface area (Å²) in [6.45, 7) is 1.76. The fourth-order valence-electron chi connectivity index (χ4n) is 3.05. The number of nitrogens with one attached hydrogen (secondary N) is 1. The second-order valence-electron chi connectivity index (χ2n) is 6.04. The van der Waals surface area contributed by atoms with Crippen LogP contribution < -0.4 is 10.1 Å². The molecule has 1 N–H and O–H groups in total. The Labute approximate surface area is 148 Å². The number of ether oxygens (including phenoxy) is 1. The van der Waals surface area contributed by atoms with Crippen molar-refractivity contribution in [2.45, 2.75) is 18.9 Å². The Morgan fingerprint density at radius 3 is 2.72 bits per heavy atom. The minimum atomic E-state index is -0.561. The molecule has 1 fully saturated rings. The molecule has 1 saturated heterocycles. The lowest BCUT2D eigenvalue weighted by Gasteiger charge is -2.22. The molecule has 0 atom stereocenters. The third-order valence-electron chi connectivity index (χ3n) is 4.31. The molecule has 7 heteroatoms. The molecule has 4 nitrogen and oxygen atoms in total. The molecule has 25 heavy (non-hydrogen) atoms. The van der Waals surface area contributed by atoms with E-state index in [1.165, 1.54) is 4.68 Å². The van der Waals surface area contributed by atoms with Crippen molar-refractivity contribution in [1.82, 2.24) is 15.1 Å². The molecule has 0 spiro atoms. The smallest absolute Gasteiger partial charge is 0.241 e. The first kappa shape index (κ1) is 16.3. The Kier molecular flexibility index (Phi) is 4.31. The number of aromatic nitrogens is 2. The molecule has 2 heterocycles. The van der Waals surface area contributed by atoms with Gasteiger partial charge in [0.1, 0.15) is 23.4 Å². The van der Waals surface area contributed by atoms with Crippen molar-refractivity contribution in [2.24, 2.45) is 0 Å². The average Bonchev–Trinajstić information content (AvgIpc) is 2.95. The fraction of sp³-hybridized carbons (Fsp3) is 0.278. The summed E-state index contributed by atoms with van der Waals surface area (Å²) in [5, 5.41) is 8.88. The molecule has 1 aromatic heterocycles. The molecule has 4 rings (SSSR count). The Hall–Kier alpha value is -2.18. The number of piperidine rings is 1. The summed E-state index contributed by atoms with van der Waals surface area (Å²) in [7, 11) is 0. The van der Waals surface area contributed by atoms with Crippen LogP contribution in [0.15, 0.2) is 36.4 Å². The molecule has 0 radical (unpaired) electrons. The molecular weight excluding hydrogens is 348 g/mol. The van der Waals surface area contributed by atoms with Gasteiger partial charge in [-0.05, 0) is 56.3 Å². The van der Waals surface area contributed by atoms with E-state index in [1.807, 2.05) is 0 Å². The molecule has 0 amide bonds. The molecule has 130 valence electrons. The number of hydrogen-bond donors (Lipinski definition) is 1. The van der Waals surface area contributed by atoms with Gasteiger partial charge in [-0.15, -0.1) is 5.10 Å². The fourth-order valence-corrected chi connectivity index (χ4v) is 3.22. The van der Waals surface area contributed by atoms with Gasteiger partial charge in [-0.25, -0.2) is 13.5 Å². The lowest BCUT2D eigenvalue weighted by atomic mass is 10.1. The zero-order valence-corrected chi connectivity index (χ0v) is 14.1. The van der Waals surface area contributed by atoms with E-state index in [9.17, 15) is 8.78 Å². The van der Waals surface area contributed by atoms with E-state index in [0.29, 0.717) is 21.8 Å². The van der Waals surface area contributed by atoms with E-state index in [0.717, 1.165) is 44.1 Å². The van der Waals surface area contributed by atoms with E-state index < -0.39 is 11.6 Å². The average molecular weight is 364 g/mol. The van der Waals surface area contributed by atoms with Gasteiger partial charge in [0, 0.05) is 11.1 Å². The third-order valence-corrected chi connectivity index (χ3v) is 4.54. The van der Waals surface area contributed by atoms with Crippen molar-refractivity contribution >= 4 is 22.5 Å². The molecule has 1 aliphatic rings. The SMILES string of the molecule is Fc1ccc(F)c(-n2nc(OC3CCNCC3)c3cc(Cl)ccc32)c1. The van der Waals surface area contributed by atoms with E-state index in [2.05, 4.69) is 10.4 Å². The van der Waals surface area contributed by atoms with Gasteiger partial charge < -0.3 is 10.1 Å². The Morgan fingerprint density at radius 2 is 1.92 bits per heavy atom. The summed E-state index contributed by atoms with van der Waals surface area (Å²) >= 11 is 6.11. The van der Waals surface area contributed by atoms with Crippen molar-refractivity contribution in [3.63, 3.8) is 0 Å². The number of nitrogens with zero attached hydrogens (tertiary/aromatic N) is 2. The van der Waals surface area contributed by atoms with Crippen LogP contribution >= 0.6 is 11.6 Å². The Balaban J connectivity index is 1.83. The molecule has 0 saturated carbocycles. The highest BCUT2D eigenvalue weighted by molar-refractivity contribution is 6.31. The summed E-state index contributed by atoms with van der Waals surface area (Å²) in [6.07, 6.45) is 1.76. The summed E-state index contributed by atoms with van der Waals surface area (Å²) in [6, 6.07) is 8.42. The first-order valence-corrected chi connectivity index (χ1v) is 8.51. The van der Waals surface area contributed by atoms with Crippen LogP contribution in [0.1, 0.15) is 12.8 Å². The summed E-state index contributed by atoms with van der Waals surface area (Å²) in [5.41, 5.74) is 0.644. The van der Waals surface area contributed by atoms with Gasteiger partial charge in [0.05, 0.1) is 10.9 Å². The van der Waals surface area contributed by atoms with Crippen LogP contribution in [-0.4, -0.2) is 29.0 Å². The summed E-state index contributed by atoms with van der Waals surface area (Å²) in [4.78, 5) is 0. The standard InChI is InChI=1S/C18H16ClF2N3O/c19-11-1-4-16-14(9-11)18(25-13-5-7-22-8-6-13)23-24(16)17-10-12(20)2-3-15(17)21/h1-4,9-10,13,22H,5-8H2. The summed E-state index contributed by atoms with van der Waals surface area (Å²) in [5.74, 6) is -0.711. The molecule has 0 unspecified atom stereocenters. The maximum atomic E-state index is 14.2. The van der Waals surface area contributed by atoms with Crippen molar-refractivity contribution in [3.8, 4) is 11.6 Å². The number of fused-ring (bicyclic) bond motifs is 1. The quantitative estimate of drug-likeness (QED) is 0.762. The van der Waals surface area contributed by atoms with Gasteiger partial charge >= 0.3 is 0 Å². The normalized spacial score (nSPS) is 15.6. The van der Waals surface area contributed by atoms with Crippen molar-refractivity contribution in [1.29, 1.82) is 0 Å². The molecular formula is C18H16ClF2N3O. The second-order valence-corrected chi connectivity index (χ2v) is 6.48. The highest BCUT2D eigenvalue weighted by atomic mass is 35.5.